The van der Waals surface area contributed by atoms with Crippen LogP contribution in [-0.2, 0) is 20.7 Å². The summed E-state index contributed by atoms with van der Waals surface area (Å²) >= 11 is 0. The van der Waals surface area contributed by atoms with Gasteiger partial charge in [0.2, 0.25) is 0 Å². The lowest BCUT2D eigenvalue weighted by atomic mass is 9.90. The Morgan fingerprint density at radius 2 is 1.77 bits per heavy atom. The van der Waals surface area contributed by atoms with Crippen molar-refractivity contribution in [3.8, 4) is 11.5 Å². The number of nitrogens with zero attached hydrogens (tertiary/aromatic N) is 1. The molecule has 0 aliphatic carbocycles. The number of methoxy groups -OCH3 is 2. The van der Waals surface area contributed by atoms with E-state index < -0.39 is 5.97 Å². The molecule has 0 aromatic heterocycles. The normalized spacial score (nSPS) is 14.5. The second kappa shape index (κ2) is 11.2. The molecule has 1 saturated heterocycles. The van der Waals surface area contributed by atoms with Gasteiger partial charge in [-0.3, -0.25) is 4.79 Å². The van der Waals surface area contributed by atoms with Crippen molar-refractivity contribution in [2.24, 2.45) is 5.92 Å². The van der Waals surface area contributed by atoms with Gasteiger partial charge in [0.15, 0.2) is 6.61 Å². The first-order valence-corrected chi connectivity index (χ1v) is 10.5. The molecule has 0 radical (unpaired) electrons. The number of carbonyl (C=O) groups excluding carboxylic acids is 2. The largest absolute Gasteiger partial charge is 0.497 e. The number of likely N-dealkylation sites (tertiary alicyclic amines) is 1. The Morgan fingerprint density at radius 1 is 1.03 bits per heavy atom. The number of esters is 1. The molecular weight excluding hydrogens is 394 g/mol. The van der Waals surface area contributed by atoms with Crippen molar-refractivity contribution in [3.63, 3.8) is 0 Å². The molecule has 2 aromatic rings. The van der Waals surface area contributed by atoms with Gasteiger partial charge in [-0.15, -0.1) is 0 Å². The Bertz CT molecular complexity index is 901. The Balaban J connectivity index is 1.43. The van der Waals surface area contributed by atoms with E-state index in [-0.39, 0.29) is 12.5 Å². The van der Waals surface area contributed by atoms with E-state index in [0.717, 1.165) is 19.3 Å². The van der Waals surface area contributed by atoms with Crippen LogP contribution in [0.4, 0.5) is 0 Å². The van der Waals surface area contributed by atoms with Gasteiger partial charge in [0.05, 0.1) is 14.2 Å². The van der Waals surface area contributed by atoms with Crippen molar-refractivity contribution in [2.75, 3.05) is 33.9 Å². The number of hydrogen-bond acceptors (Lipinski definition) is 5. The zero-order valence-electron chi connectivity index (χ0n) is 18.1. The van der Waals surface area contributed by atoms with Crippen LogP contribution in [0.1, 0.15) is 24.0 Å². The van der Waals surface area contributed by atoms with E-state index in [1.165, 1.54) is 11.6 Å². The lowest BCUT2D eigenvalue weighted by molar-refractivity contribution is -0.148. The van der Waals surface area contributed by atoms with Gasteiger partial charge in [-0.25, -0.2) is 4.79 Å². The molecule has 3 rings (SSSR count). The first-order valence-electron chi connectivity index (χ1n) is 10.5. The van der Waals surface area contributed by atoms with Crippen LogP contribution in [0.5, 0.6) is 11.5 Å². The number of rotatable bonds is 8. The third-order valence-electron chi connectivity index (χ3n) is 5.51. The molecule has 6 heteroatoms. The minimum atomic E-state index is -0.572. The molecule has 0 spiro atoms. The Morgan fingerprint density at radius 3 is 2.45 bits per heavy atom. The lowest BCUT2D eigenvalue weighted by Crippen LogP contribution is -2.41. The average molecular weight is 424 g/mol. The summed E-state index contributed by atoms with van der Waals surface area (Å²) in [5, 5.41) is 0. The molecule has 2 aromatic carbocycles. The standard InChI is InChI=1S/C25H29NO5/c1-29-22-9-10-23(30-2)21(17-22)8-11-25(28)31-18-24(27)26-14-12-20(13-15-26)16-19-6-4-3-5-7-19/h3-11,17,20H,12-16,18H2,1-2H3/b11-8+. The van der Waals surface area contributed by atoms with E-state index in [4.69, 9.17) is 14.2 Å². The highest BCUT2D eigenvalue weighted by Gasteiger charge is 2.23. The third kappa shape index (κ3) is 6.60. The third-order valence-corrected chi connectivity index (χ3v) is 5.51. The van der Waals surface area contributed by atoms with Crippen LogP contribution >= 0.6 is 0 Å². The molecule has 1 heterocycles. The van der Waals surface area contributed by atoms with Crippen molar-refractivity contribution in [1.29, 1.82) is 0 Å². The smallest absolute Gasteiger partial charge is 0.331 e. The number of piperidine rings is 1. The average Bonchev–Trinajstić information content (AvgIpc) is 2.82. The van der Waals surface area contributed by atoms with E-state index in [9.17, 15) is 9.59 Å². The van der Waals surface area contributed by atoms with E-state index in [1.807, 2.05) is 6.07 Å². The second-order valence-electron chi connectivity index (χ2n) is 7.56. The second-order valence-corrected chi connectivity index (χ2v) is 7.56. The van der Waals surface area contributed by atoms with Crippen molar-refractivity contribution in [1.82, 2.24) is 4.90 Å². The quantitative estimate of drug-likeness (QED) is 0.478. The van der Waals surface area contributed by atoms with Gasteiger partial charge in [0.25, 0.3) is 5.91 Å². The molecule has 164 valence electrons. The number of amides is 1. The molecule has 31 heavy (non-hydrogen) atoms. The van der Waals surface area contributed by atoms with Gasteiger partial charge in [0, 0.05) is 24.7 Å². The zero-order valence-corrected chi connectivity index (χ0v) is 18.1. The fourth-order valence-electron chi connectivity index (χ4n) is 3.73. The summed E-state index contributed by atoms with van der Waals surface area (Å²) in [6.45, 7) is 1.15. The summed E-state index contributed by atoms with van der Waals surface area (Å²) in [4.78, 5) is 26.3. The zero-order chi connectivity index (χ0) is 22.1. The molecule has 1 amide bonds. The molecule has 0 atom stereocenters. The molecule has 6 nitrogen and oxygen atoms in total. The minimum absolute atomic E-state index is 0.154. The molecule has 0 N–H and O–H groups in total. The van der Waals surface area contributed by atoms with Crippen LogP contribution in [0.15, 0.2) is 54.6 Å². The monoisotopic (exact) mass is 423 g/mol. The molecule has 1 fully saturated rings. The number of hydrogen-bond donors (Lipinski definition) is 0. The minimum Gasteiger partial charge on any atom is -0.497 e. The Labute approximate surface area is 183 Å². The predicted molar refractivity (Wildman–Crippen MR) is 119 cm³/mol. The van der Waals surface area contributed by atoms with Gasteiger partial charge >= 0.3 is 5.97 Å². The maximum atomic E-state index is 12.4. The van der Waals surface area contributed by atoms with Gasteiger partial charge in [-0.1, -0.05) is 30.3 Å². The summed E-state index contributed by atoms with van der Waals surface area (Å²) in [5.74, 6) is 1.12. The van der Waals surface area contributed by atoms with Gasteiger partial charge in [-0.05, 0) is 55.0 Å². The summed E-state index contributed by atoms with van der Waals surface area (Å²) in [5.41, 5.74) is 2.02. The molecule has 1 aliphatic rings. The first kappa shape index (κ1) is 22.4. The molecule has 0 unspecified atom stereocenters. The number of carbonyl (C=O) groups is 2. The van der Waals surface area contributed by atoms with E-state index in [1.54, 1.807) is 43.4 Å². The van der Waals surface area contributed by atoms with Gasteiger partial charge in [0.1, 0.15) is 11.5 Å². The number of benzene rings is 2. The van der Waals surface area contributed by atoms with Crippen molar-refractivity contribution < 1.29 is 23.8 Å². The molecule has 0 saturated carbocycles. The lowest BCUT2D eigenvalue weighted by Gasteiger charge is -2.32. The SMILES string of the molecule is COc1ccc(OC)c(/C=C/C(=O)OCC(=O)N2CCC(Cc3ccccc3)CC2)c1. The van der Waals surface area contributed by atoms with Crippen LogP contribution in [0.2, 0.25) is 0 Å². The highest BCUT2D eigenvalue weighted by atomic mass is 16.5. The topological polar surface area (TPSA) is 65.1 Å². The van der Waals surface area contributed by atoms with Crippen molar-refractivity contribution >= 4 is 18.0 Å². The Hall–Kier alpha value is -3.28. The van der Waals surface area contributed by atoms with E-state index in [2.05, 4.69) is 24.3 Å². The number of ether oxygens (including phenoxy) is 3. The summed E-state index contributed by atoms with van der Waals surface area (Å²) in [6, 6.07) is 15.7. The summed E-state index contributed by atoms with van der Waals surface area (Å²) in [7, 11) is 3.12. The maximum Gasteiger partial charge on any atom is 0.331 e. The summed E-state index contributed by atoms with van der Waals surface area (Å²) < 4.78 is 15.6. The fourth-order valence-corrected chi connectivity index (χ4v) is 3.73. The van der Waals surface area contributed by atoms with Gasteiger partial charge in [-0.2, -0.15) is 0 Å². The van der Waals surface area contributed by atoms with Crippen LogP contribution in [0.25, 0.3) is 6.08 Å². The van der Waals surface area contributed by atoms with E-state index >= 15 is 0 Å². The van der Waals surface area contributed by atoms with Gasteiger partial charge < -0.3 is 19.1 Å². The Kier molecular flexibility index (Phi) is 8.10. The van der Waals surface area contributed by atoms with Crippen LogP contribution < -0.4 is 9.47 Å². The highest BCUT2D eigenvalue weighted by Crippen LogP contribution is 2.25. The summed E-state index contributed by atoms with van der Waals surface area (Å²) in [6.07, 6.45) is 5.84. The highest BCUT2D eigenvalue weighted by molar-refractivity contribution is 5.89. The van der Waals surface area contributed by atoms with Crippen LogP contribution in [0.3, 0.4) is 0 Å². The molecular formula is C25H29NO5. The maximum absolute atomic E-state index is 12.4. The van der Waals surface area contributed by atoms with E-state index in [0.29, 0.717) is 36.1 Å². The molecule has 0 bridgehead atoms. The van der Waals surface area contributed by atoms with Crippen LogP contribution in [-0.4, -0.2) is 50.7 Å². The first-order chi connectivity index (χ1) is 15.1. The van der Waals surface area contributed by atoms with Crippen molar-refractivity contribution in [2.45, 2.75) is 19.3 Å². The van der Waals surface area contributed by atoms with Crippen LogP contribution in [0, 0.1) is 5.92 Å². The predicted octanol–water partition coefficient (Wildman–Crippen LogP) is 3.74. The fraction of sp³-hybridized carbons (Fsp3) is 0.360. The molecule has 1 aliphatic heterocycles. The van der Waals surface area contributed by atoms with Crippen molar-refractivity contribution in [3.05, 3.63) is 65.7 Å².